The second-order valence-corrected chi connectivity index (χ2v) is 8.08. The average molecular weight is 420 g/mol. The lowest BCUT2D eigenvalue weighted by Gasteiger charge is -2.07. The van der Waals surface area contributed by atoms with Crippen LogP contribution in [-0.2, 0) is 0 Å². The number of aromatic nitrogens is 5. The topological polar surface area (TPSA) is 99.3 Å². The minimum absolute atomic E-state index is 0.0579. The summed E-state index contributed by atoms with van der Waals surface area (Å²) in [4.78, 5) is 17.1. The fourth-order valence-corrected chi connectivity index (χ4v) is 4.21. The van der Waals surface area contributed by atoms with Gasteiger partial charge < -0.3 is 5.32 Å². The normalized spacial score (nSPS) is 17.4. The van der Waals surface area contributed by atoms with E-state index in [1.807, 2.05) is 60.7 Å². The van der Waals surface area contributed by atoms with Crippen LogP contribution in [0.5, 0.6) is 0 Å². The number of H-pyrrole nitrogens is 2. The minimum atomic E-state index is -0.0579. The Balaban J connectivity index is 1.26. The smallest absolute Gasteiger partial charge is 0.251 e. The summed E-state index contributed by atoms with van der Waals surface area (Å²) in [7, 11) is 0. The summed E-state index contributed by atoms with van der Waals surface area (Å²) in [5.74, 6) is 1.04. The van der Waals surface area contributed by atoms with Crippen LogP contribution in [0, 0.1) is 0 Å². The summed E-state index contributed by atoms with van der Waals surface area (Å²) in [5.41, 5.74) is 5.42. The highest BCUT2D eigenvalue weighted by atomic mass is 16.1. The van der Waals surface area contributed by atoms with Crippen LogP contribution in [0.15, 0.2) is 79.1 Å². The van der Waals surface area contributed by atoms with E-state index in [1.165, 1.54) is 11.9 Å². The third kappa shape index (κ3) is 3.33. The van der Waals surface area contributed by atoms with Gasteiger partial charge in [0.25, 0.3) is 5.91 Å². The number of amides is 1. The van der Waals surface area contributed by atoms with Crippen LogP contribution >= 0.6 is 0 Å². The summed E-state index contributed by atoms with van der Waals surface area (Å²) >= 11 is 0. The molecule has 2 atom stereocenters. The van der Waals surface area contributed by atoms with Crippen LogP contribution in [0.25, 0.3) is 33.5 Å². The van der Waals surface area contributed by atoms with Gasteiger partial charge in [-0.3, -0.25) is 15.0 Å². The van der Waals surface area contributed by atoms with Crippen molar-refractivity contribution in [2.45, 2.75) is 18.4 Å². The van der Waals surface area contributed by atoms with Crippen LogP contribution in [0.2, 0.25) is 0 Å². The minimum Gasteiger partial charge on any atom is -0.349 e. The molecule has 0 aliphatic heterocycles. The van der Waals surface area contributed by atoms with E-state index in [4.69, 9.17) is 0 Å². The Morgan fingerprint density at radius 2 is 1.84 bits per heavy atom. The van der Waals surface area contributed by atoms with Crippen molar-refractivity contribution in [2.75, 3.05) is 0 Å². The van der Waals surface area contributed by atoms with Gasteiger partial charge in [-0.05, 0) is 42.3 Å². The fourth-order valence-electron chi connectivity index (χ4n) is 4.21. The molecule has 3 aromatic carbocycles. The van der Waals surface area contributed by atoms with Crippen molar-refractivity contribution in [3.63, 3.8) is 0 Å². The number of hydrogen-bond donors (Lipinski definition) is 3. The van der Waals surface area contributed by atoms with Crippen molar-refractivity contribution in [3.05, 3.63) is 90.3 Å². The quantitative estimate of drug-likeness (QED) is 0.395. The second kappa shape index (κ2) is 7.46. The molecule has 7 heteroatoms. The van der Waals surface area contributed by atoms with Gasteiger partial charge in [0, 0.05) is 34.0 Å². The Bertz CT molecular complexity index is 1410. The number of carbonyl (C=O) groups is 1. The summed E-state index contributed by atoms with van der Waals surface area (Å²) in [5, 5.41) is 18.5. The number of rotatable bonds is 5. The van der Waals surface area contributed by atoms with E-state index in [2.05, 4.69) is 42.8 Å². The summed E-state index contributed by atoms with van der Waals surface area (Å²) in [6.07, 6.45) is 2.46. The highest BCUT2D eigenvalue weighted by molar-refractivity contribution is 5.99. The fraction of sp³-hybridized carbons (Fsp3) is 0.120. The zero-order chi connectivity index (χ0) is 21.5. The average Bonchev–Trinajstić information content (AvgIpc) is 3.22. The standard InChI is InChI=1S/C25H20N6O/c32-25(28-22-13-19(22)15-5-2-1-3-6-15)18-8-4-7-16(11-18)23-20-12-17(24-26-14-27-31-24)9-10-21(20)29-30-23/h1-12,14,19,22H,13H2,(H,28,32)(H,29,30)(H,26,27,31)/t19-,22+/m1/s1. The number of nitrogens with zero attached hydrogens (tertiary/aromatic N) is 3. The molecule has 1 saturated carbocycles. The highest BCUT2D eigenvalue weighted by Crippen LogP contribution is 2.40. The van der Waals surface area contributed by atoms with Crippen molar-refractivity contribution < 1.29 is 4.79 Å². The third-order valence-corrected chi connectivity index (χ3v) is 5.98. The van der Waals surface area contributed by atoms with Gasteiger partial charge in [0.15, 0.2) is 5.82 Å². The van der Waals surface area contributed by atoms with Gasteiger partial charge in [0.2, 0.25) is 0 Å². The molecule has 32 heavy (non-hydrogen) atoms. The Hall–Kier alpha value is -4.26. The van der Waals surface area contributed by atoms with E-state index in [1.54, 1.807) is 0 Å². The summed E-state index contributed by atoms with van der Waals surface area (Å²) < 4.78 is 0. The Labute approximate surface area is 183 Å². The first-order valence-electron chi connectivity index (χ1n) is 10.6. The molecule has 156 valence electrons. The largest absolute Gasteiger partial charge is 0.349 e. The van der Waals surface area contributed by atoms with E-state index in [0.717, 1.165) is 34.1 Å². The van der Waals surface area contributed by atoms with Crippen LogP contribution in [0.1, 0.15) is 28.3 Å². The van der Waals surface area contributed by atoms with E-state index in [0.29, 0.717) is 17.3 Å². The summed E-state index contributed by atoms with van der Waals surface area (Å²) in [6, 6.07) is 24.1. The molecule has 0 saturated heterocycles. The van der Waals surface area contributed by atoms with E-state index < -0.39 is 0 Å². The molecule has 6 rings (SSSR count). The maximum Gasteiger partial charge on any atom is 0.251 e. The van der Waals surface area contributed by atoms with E-state index in [9.17, 15) is 4.79 Å². The van der Waals surface area contributed by atoms with Crippen molar-refractivity contribution in [1.82, 2.24) is 30.7 Å². The maximum atomic E-state index is 12.9. The van der Waals surface area contributed by atoms with Gasteiger partial charge in [-0.15, -0.1) is 0 Å². The Morgan fingerprint density at radius 3 is 2.69 bits per heavy atom. The van der Waals surface area contributed by atoms with Crippen LogP contribution in [-0.4, -0.2) is 37.3 Å². The third-order valence-electron chi connectivity index (χ3n) is 5.98. The van der Waals surface area contributed by atoms with E-state index >= 15 is 0 Å². The molecule has 0 spiro atoms. The number of aromatic amines is 2. The molecule has 5 aromatic rings. The SMILES string of the molecule is O=C(N[C@H]1C[C@@H]1c1ccccc1)c1cccc(-c2n[nH]c3ccc(-c4ncn[nH]4)cc23)c1. The van der Waals surface area contributed by atoms with Gasteiger partial charge >= 0.3 is 0 Å². The van der Waals surface area contributed by atoms with Gasteiger partial charge in [0.05, 0.1) is 11.2 Å². The van der Waals surface area contributed by atoms with Crippen LogP contribution in [0.4, 0.5) is 0 Å². The molecular weight excluding hydrogens is 400 g/mol. The number of carbonyl (C=O) groups excluding carboxylic acids is 1. The van der Waals surface area contributed by atoms with Crippen molar-refractivity contribution in [3.8, 4) is 22.6 Å². The molecular formula is C25H20N6O. The van der Waals surface area contributed by atoms with Gasteiger partial charge in [-0.1, -0.05) is 42.5 Å². The zero-order valence-corrected chi connectivity index (χ0v) is 17.1. The van der Waals surface area contributed by atoms with Crippen LogP contribution < -0.4 is 5.32 Å². The van der Waals surface area contributed by atoms with Gasteiger partial charge in [-0.2, -0.15) is 10.2 Å². The first-order chi connectivity index (χ1) is 15.8. The number of benzene rings is 3. The lowest BCUT2D eigenvalue weighted by molar-refractivity contribution is 0.0950. The maximum absolute atomic E-state index is 12.9. The molecule has 2 heterocycles. The van der Waals surface area contributed by atoms with Gasteiger partial charge in [0.1, 0.15) is 6.33 Å². The van der Waals surface area contributed by atoms with Crippen LogP contribution in [0.3, 0.4) is 0 Å². The molecule has 0 radical (unpaired) electrons. The van der Waals surface area contributed by atoms with Crippen molar-refractivity contribution in [2.24, 2.45) is 0 Å². The first kappa shape index (κ1) is 18.5. The Morgan fingerprint density at radius 1 is 0.938 bits per heavy atom. The zero-order valence-electron chi connectivity index (χ0n) is 17.1. The first-order valence-corrected chi connectivity index (χ1v) is 10.6. The molecule has 1 aliphatic carbocycles. The van der Waals surface area contributed by atoms with Gasteiger partial charge in [-0.25, -0.2) is 4.98 Å². The molecule has 7 nitrogen and oxygen atoms in total. The Kier molecular flexibility index (Phi) is 4.31. The second-order valence-electron chi connectivity index (χ2n) is 8.08. The predicted octanol–water partition coefficient (Wildman–Crippen LogP) is 4.30. The highest BCUT2D eigenvalue weighted by Gasteiger charge is 2.39. The molecule has 3 N–H and O–H groups in total. The number of nitrogens with one attached hydrogen (secondary N) is 3. The molecule has 0 unspecified atom stereocenters. The number of hydrogen-bond acceptors (Lipinski definition) is 4. The molecule has 1 aliphatic rings. The van der Waals surface area contributed by atoms with Crippen molar-refractivity contribution >= 4 is 16.8 Å². The van der Waals surface area contributed by atoms with E-state index in [-0.39, 0.29) is 11.9 Å². The lowest BCUT2D eigenvalue weighted by atomic mass is 10.0. The molecule has 1 fully saturated rings. The number of fused-ring (bicyclic) bond motifs is 1. The lowest BCUT2D eigenvalue weighted by Crippen LogP contribution is -2.26. The van der Waals surface area contributed by atoms with Crippen molar-refractivity contribution in [1.29, 1.82) is 0 Å². The molecule has 2 aromatic heterocycles. The monoisotopic (exact) mass is 420 g/mol. The molecule has 1 amide bonds. The predicted molar refractivity (Wildman–Crippen MR) is 122 cm³/mol. The molecule has 0 bridgehead atoms. The summed E-state index contributed by atoms with van der Waals surface area (Å²) in [6.45, 7) is 0.